The predicted octanol–water partition coefficient (Wildman–Crippen LogP) is -4.10. The number of aromatic nitrogens is 4. The first-order valence-electron chi connectivity index (χ1n) is 7.94. The average Bonchev–Trinajstić information content (AvgIpc) is 3.09. The van der Waals surface area contributed by atoms with E-state index in [0.29, 0.717) is 0 Å². The number of imidazole rings is 1. The Morgan fingerprint density at radius 3 is 2.39 bits per heavy atom. The summed E-state index contributed by atoms with van der Waals surface area (Å²) in [5.41, 5.74) is 5.61. The van der Waals surface area contributed by atoms with Gasteiger partial charge in [0.1, 0.15) is 30.5 Å². The van der Waals surface area contributed by atoms with Crippen molar-refractivity contribution >= 4 is 40.4 Å². The Hall–Kier alpha value is -1.36. The van der Waals surface area contributed by atoms with Crippen LogP contribution in [0, 0.1) is 0 Å². The Morgan fingerprint density at radius 1 is 1.06 bits per heavy atom. The zero-order valence-electron chi connectivity index (χ0n) is 14.6. The number of rotatable bonds is 6. The second-order valence-corrected chi connectivity index (χ2v) is 10.5. The summed E-state index contributed by atoms with van der Waals surface area (Å²) in [7, 11) is -18.4. The van der Waals surface area contributed by atoms with Crippen LogP contribution in [-0.4, -0.2) is 48.0 Å². The summed E-state index contributed by atoms with van der Waals surface area (Å²) in [6.45, 7) is 0. The van der Waals surface area contributed by atoms with Crippen LogP contribution in [0.1, 0.15) is 18.2 Å². The Labute approximate surface area is 170 Å². The van der Waals surface area contributed by atoms with Crippen LogP contribution in [0.25, 0.3) is 11.2 Å². The minimum Gasteiger partial charge on any atom is -0.790 e. The van der Waals surface area contributed by atoms with E-state index in [1.807, 2.05) is 0 Å². The molecule has 4 rings (SSSR count). The molecule has 0 aromatic carbocycles. The van der Waals surface area contributed by atoms with Gasteiger partial charge in [-0.25, -0.2) is 19.3 Å². The molecule has 0 spiro atoms. The fourth-order valence-electron chi connectivity index (χ4n) is 3.22. The third-order valence-electron chi connectivity index (χ3n) is 4.26. The molecule has 0 radical (unpaired) electrons. The van der Waals surface area contributed by atoms with Crippen molar-refractivity contribution in [3.8, 4) is 0 Å². The van der Waals surface area contributed by atoms with E-state index in [-0.39, 0.29) is 22.8 Å². The number of ether oxygens (including phenoxy) is 1. The van der Waals surface area contributed by atoms with E-state index in [2.05, 4.69) is 28.1 Å². The molecule has 7 unspecified atom stereocenters. The summed E-state index contributed by atoms with van der Waals surface area (Å²) >= 11 is 0. The van der Waals surface area contributed by atoms with Gasteiger partial charge in [-0.05, 0) is 0 Å². The lowest BCUT2D eigenvalue weighted by molar-refractivity contribution is -0.339. The zero-order chi connectivity index (χ0) is 22.9. The van der Waals surface area contributed by atoms with Crippen LogP contribution in [0.15, 0.2) is 6.33 Å². The van der Waals surface area contributed by atoms with Crippen molar-refractivity contribution in [2.75, 3.05) is 5.73 Å². The minimum absolute atomic E-state index is 0.0363. The summed E-state index contributed by atoms with van der Waals surface area (Å²) in [6, 6.07) is 0. The molecule has 1 saturated heterocycles. The first kappa shape index (κ1) is 22.8. The lowest BCUT2D eigenvalue weighted by Gasteiger charge is -2.39. The minimum atomic E-state index is -6.23. The van der Waals surface area contributed by atoms with Crippen molar-refractivity contribution in [1.29, 1.82) is 0 Å². The van der Waals surface area contributed by atoms with E-state index in [1.165, 1.54) is 0 Å². The van der Waals surface area contributed by atoms with E-state index in [9.17, 15) is 43.5 Å². The fourth-order valence-corrected chi connectivity index (χ4v) is 6.21. The Kier molecular flexibility index (Phi) is 5.39. The normalized spacial score (nSPS) is 31.9. The van der Waals surface area contributed by atoms with Gasteiger partial charge in [-0.3, -0.25) is 18.0 Å². The molecular weight excluding hydrogens is 491 g/mol. The Balaban J connectivity index is 1.73. The van der Waals surface area contributed by atoms with Crippen molar-refractivity contribution in [1.82, 2.24) is 19.5 Å². The highest BCUT2D eigenvalue weighted by Gasteiger charge is 2.55. The summed E-state index contributed by atoms with van der Waals surface area (Å²) in [5.74, 6) is -0.462. The van der Waals surface area contributed by atoms with Crippen LogP contribution in [0.2, 0.25) is 0 Å². The lowest BCUT2D eigenvalue weighted by Crippen LogP contribution is -2.36. The first-order chi connectivity index (χ1) is 14.2. The van der Waals surface area contributed by atoms with E-state index >= 15 is 0 Å². The van der Waals surface area contributed by atoms with Crippen LogP contribution < -0.4 is 25.3 Å². The average molecular weight is 501 g/mol. The molecule has 18 nitrogen and oxygen atoms in total. The molecule has 1 fully saturated rings. The molecule has 31 heavy (non-hydrogen) atoms. The highest BCUT2D eigenvalue weighted by Crippen LogP contribution is 2.62. The van der Waals surface area contributed by atoms with Gasteiger partial charge in [0.05, 0.1) is 7.82 Å². The third kappa shape index (κ3) is 4.19. The number of aliphatic hydroxyl groups excluding tert-OH is 2. The number of nitrogens with two attached hydrogens (primary N) is 1. The van der Waals surface area contributed by atoms with E-state index in [1.54, 1.807) is 0 Å². The number of nitrogens with zero attached hydrogens (tertiary/aromatic N) is 4. The number of phosphoric ester groups is 1. The third-order valence-corrected chi connectivity index (χ3v) is 7.94. The highest BCUT2D eigenvalue weighted by molar-refractivity contribution is 7.64. The van der Waals surface area contributed by atoms with E-state index in [4.69, 9.17) is 10.5 Å². The van der Waals surface area contributed by atoms with E-state index < -0.39 is 54.1 Å². The molecule has 21 heteroatoms. The van der Waals surface area contributed by atoms with Gasteiger partial charge in [-0.1, -0.05) is 0 Å². The number of aliphatic hydroxyl groups is 2. The predicted molar refractivity (Wildman–Crippen MR) is 84.5 cm³/mol. The first-order valence-corrected chi connectivity index (χ1v) is 12.3. The molecule has 0 saturated carbocycles. The lowest BCUT2D eigenvalue weighted by atomic mass is 10.1. The monoisotopic (exact) mass is 501 g/mol. The quantitative estimate of drug-likeness (QED) is 0.317. The van der Waals surface area contributed by atoms with Gasteiger partial charge in [0.15, 0.2) is 29.3 Å². The van der Waals surface area contributed by atoms with Crippen LogP contribution in [-0.2, 0) is 31.6 Å². The number of phosphoric acid groups is 3. The maximum atomic E-state index is 12.1. The van der Waals surface area contributed by atoms with Gasteiger partial charge >= 0.3 is 0 Å². The molecule has 2 bridgehead atoms. The van der Waals surface area contributed by atoms with Gasteiger partial charge in [-0.15, -0.1) is 0 Å². The number of fused-ring (bicyclic) bond motifs is 6. The highest BCUT2D eigenvalue weighted by atomic mass is 31.3. The maximum Gasteiger partial charge on any atom is 0.278 e. The molecular formula is C10H10N5O13P3-4. The molecule has 4 heterocycles. The zero-order valence-corrected chi connectivity index (χ0v) is 17.2. The van der Waals surface area contributed by atoms with E-state index in [0.717, 1.165) is 10.9 Å². The van der Waals surface area contributed by atoms with Crippen molar-refractivity contribution in [3.63, 3.8) is 0 Å². The van der Waals surface area contributed by atoms with Crippen molar-refractivity contribution in [3.05, 3.63) is 12.2 Å². The molecule has 0 amide bonds. The van der Waals surface area contributed by atoms with Crippen LogP contribution in [0.3, 0.4) is 0 Å². The summed E-state index contributed by atoms with van der Waals surface area (Å²) in [5, 5.41) is 20.4. The van der Waals surface area contributed by atoms with Gasteiger partial charge in [0.2, 0.25) is 0 Å². The van der Waals surface area contributed by atoms with Crippen LogP contribution in [0.5, 0.6) is 0 Å². The Morgan fingerprint density at radius 2 is 1.74 bits per heavy atom. The Bertz CT molecular complexity index is 1180. The van der Waals surface area contributed by atoms with Gasteiger partial charge in [-0.2, -0.15) is 0 Å². The topological polar surface area (TPSA) is 290 Å². The summed E-state index contributed by atoms with van der Waals surface area (Å²) < 4.78 is 51.7. The van der Waals surface area contributed by atoms with Gasteiger partial charge < -0.3 is 49.3 Å². The van der Waals surface area contributed by atoms with Crippen molar-refractivity contribution in [2.45, 2.75) is 30.6 Å². The molecule has 0 aliphatic carbocycles. The maximum absolute atomic E-state index is 12.1. The largest absolute Gasteiger partial charge is 0.790 e. The molecule has 2 aromatic heterocycles. The second kappa shape index (κ2) is 7.33. The number of hydrogen-bond donors (Lipinski definition) is 3. The molecule has 2 aliphatic rings. The summed E-state index contributed by atoms with van der Waals surface area (Å²) in [6.07, 6.45) is -7.12. The summed E-state index contributed by atoms with van der Waals surface area (Å²) in [4.78, 5) is 56.0. The number of hydrogen-bond acceptors (Lipinski definition) is 17. The molecule has 2 aliphatic heterocycles. The molecule has 172 valence electrons. The van der Waals surface area contributed by atoms with Crippen LogP contribution in [0.4, 0.5) is 5.82 Å². The van der Waals surface area contributed by atoms with Gasteiger partial charge in [0, 0.05) is 0 Å². The van der Waals surface area contributed by atoms with Gasteiger partial charge in [0.25, 0.3) is 15.6 Å². The molecule has 4 N–H and O–H groups in total. The number of nitrogen functional groups attached to an aromatic ring is 1. The standard InChI is InChI=1S/C10H14N5O13P3/c11-7-2-8(13-1-12-7)15-9(14-2)6(5-3(16)4(17)10(15)25-5)26-30(21,22)28-31(23,24)27-29(18,19)20/h1,3-6,10,16-17H,(H,21,22)(H,23,24)(H2,11,12,13)(H2,18,19,20)/p-4. The molecule has 2 aromatic rings. The molecule has 7 atom stereocenters. The van der Waals surface area contributed by atoms with Crippen molar-refractivity contribution < 1.29 is 61.4 Å². The fraction of sp³-hybridized carbons (Fsp3) is 0.500. The van der Waals surface area contributed by atoms with Crippen LogP contribution >= 0.6 is 23.5 Å². The van der Waals surface area contributed by atoms with Crippen molar-refractivity contribution in [2.24, 2.45) is 0 Å². The second-order valence-electron chi connectivity index (χ2n) is 6.27. The number of anilines is 1. The SMILES string of the molecule is Nc1ncnc2c1nc1n2C2OC(C1OP(=O)([O-])OP(=O)([O-])OP(=O)([O-])[O-])C(O)C2O. The smallest absolute Gasteiger partial charge is 0.278 e.